The Balaban J connectivity index is 2.00. The number of anilines is 2. The zero-order valence-corrected chi connectivity index (χ0v) is 9.66. The van der Waals surface area contributed by atoms with Gasteiger partial charge in [0, 0.05) is 6.54 Å². The number of nitrogens with zero attached hydrogens (tertiary/aromatic N) is 3. The molecule has 0 unspecified atom stereocenters. The second-order valence-electron chi connectivity index (χ2n) is 4.52. The van der Waals surface area contributed by atoms with Crippen molar-refractivity contribution in [2.75, 3.05) is 24.7 Å². The molecule has 0 amide bonds. The van der Waals surface area contributed by atoms with E-state index in [1.54, 1.807) is 0 Å². The van der Waals surface area contributed by atoms with Gasteiger partial charge in [0.25, 0.3) is 0 Å². The van der Waals surface area contributed by atoms with Gasteiger partial charge in [0.1, 0.15) is 0 Å². The third-order valence-electron chi connectivity index (χ3n) is 3.05. The van der Waals surface area contributed by atoms with E-state index in [9.17, 15) is 0 Å². The third kappa shape index (κ3) is 2.32. The smallest absolute Gasteiger partial charge is 0.322 e. The largest absolute Gasteiger partial charge is 0.467 e. The Morgan fingerprint density at radius 2 is 2.12 bits per heavy atom. The Labute approximate surface area is 94.6 Å². The van der Waals surface area contributed by atoms with Crippen LogP contribution in [-0.4, -0.2) is 28.6 Å². The third-order valence-corrected chi connectivity index (χ3v) is 3.05. The maximum absolute atomic E-state index is 5.54. The highest BCUT2D eigenvalue weighted by molar-refractivity contribution is 5.32. The predicted octanol–water partition coefficient (Wildman–Crippen LogP) is 1.06. The number of hydrogen-bond acceptors (Lipinski definition) is 6. The number of nitrogen functional groups attached to an aromatic ring is 1. The average Bonchev–Trinajstić information content (AvgIpc) is 2.23. The summed E-state index contributed by atoms with van der Waals surface area (Å²) >= 11 is 0. The molecule has 0 aliphatic heterocycles. The molecule has 1 aromatic rings. The Kier molecular flexibility index (Phi) is 2.80. The molecular weight excluding hydrogens is 206 g/mol. The lowest BCUT2D eigenvalue weighted by atomic mass is 9.70. The van der Waals surface area contributed by atoms with Crippen LogP contribution in [0.3, 0.4) is 0 Å². The lowest BCUT2D eigenvalue weighted by molar-refractivity contribution is 0.179. The van der Waals surface area contributed by atoms with E-state index < -0.39 is 0 Å². The zero-order valence-electron chi connectivity index (χ0n) is 9.66. The maximum atomic E-state index is 5.54. The van der Waals surface area contributed by atoms with Gasteiger partial charge < -0.3 is 15.8 Å². The van der Waals surface area contributed by atoms with Gasteiger partial charge in [-0.05, 0) is 18.3 Å². The maximum Gasteiger partial charge on any atom is 0.322 e. The van der Waals surface area contributed by atoms with Gasteiger partial charge in [-0.1, -0.05) is 13.3 Å². The molecule has 1 aliphatic carbocycles. The molecule has 0 aromatic carbocycles. The van der Waals surface area contributed by atoms with Gasteiger partial charge in [-0.25, -0.2) is 0 Å². The van der Waals surface area contributed by atoms with Gasteiger partial charge in [-0.2, -0.15) is 15.0 Å². The second-order valence-corrected chi connectivity index (χ2v) is 4.52. The summed E-state index contributed by atoms with van der Waals surface area (Å²) in [6.45, 7) is 3.12. The van der Waals surface area contributed by atoms with Crippen molar-refractivity contribution in [2.24, 2.45) is 5.41 Å². The first-order chi connectivity index (χ1) is 7.61. The first kappa shape index (κ1) is 10.9. The molecule has 6 heteroatoms. The summed E-state index contributed by atoms with van der Waals surface area (Å²) in [4.78, 5) is 11.9. The molecule has 1 aliphatic rings. The summed E-state index contributed by atoms with van der Waals surface area (Å²) in [6.07, 6.45) is 3.80. The molecule has 0 atom stereocenters. The van der Waals surface area contributed by atoms with E-state index in [0.29, 0.717) is 11.4 Å². The van der Waals surface area contributed by atoms with Crippen molar-refractivity contribution in [3.05, 3.63) is 0 Å². The van der Waals surface area contributed by atoms with E-state index >= 15 is 0 Å². The van der Waals surface area contributed by atoms with Crippen molar-refractivity contribution >= 4 is 11.9 Å². The highest BCUT2D eigenvalue weighted by atomic mass is 16.5. The first-order valence-corrected chi connectivity index (χ1v) is 5.41. The van der Waals surface area contributed by atoms with Crippen LogP contribution in [0.2, 0.25) is 0 Å². The lowest BCUT2D eigenvalue weighted by Crippen LogP contribution is -2.33. The van der Waals surface area contributed by atoms with E-state index in [0.717, 1.165) is 6.54 Å². The van der Waals surface area contributed by atoms with Crippen LogP contribution in [0.5, 0.6) is 6.01 Å². The summed E-state index contributed by atoms with van der Waals surface area (Å²) in [6, 6.07) is 0.244. The highest BCUT2D eigenvalue weighted by Gasteiger charge is 2.31. The minimum absolute atomic E-state index is 0.174. The van der Waals surface area contributed by atoms with Crippen LogP contribution in [0.4, 0.5) is 11.9 Å². The Hall–Kier alpha value is -1.59. The van der Waals surface area contributed by atoms with E-state index in [1.165, 1.54) is 26.4 Å². The topological polar surface area (TPSA) is 86.0 Å². The normalized spacial score (nSPS) is 17.6. The number of methoxy groups -OCH3 is 1. The Morgan fingerprint density at radius 1 is 1.38 bits per heavy atom. The fourth-order valence-electron chi connectivity index (χ4n) is 1.79. The van der Waals surface area contributed by atoms with Crippen LogP contribution in [0.15, 0.2) is 0 Å². The van der Waals surface area contributed by atoms with Crippen LogP contribution < -0.4 is 15.8 Å². The van der Waals surface area contributed by atoms with Gasteiger partial charge in [-0.3, -0.25) is 0 Å². The van der Waals surface area contributed by atoms with E-state index in [2.05, 4.69) is 27.2 Å². The number of nitrogens with two attached hydrogens (primary N) is 1. The van der Waals surface area contributed by atoms with Crippen molar-refractivity contribution in [1.82, 2.24) is 15.0 Å². The van der Waals surface area contributed by atoms with Crippen molar-refractivity contribution in [2.45, 2.75) is 26.2 Å². The number of ether oxygens (including phenoxy) is 1. The van der Waals surface area contributed by atoms with Crippen LogP contribution in [-0.2, 0) is 0 Å². The fraction of sp³-hybridized carbons (Fsp3) is 0.700. The SMILES string of the molecule is COc1nc(N)nc(NCC2(C)CCC2)n1. The molecule has 1 heterocycles. The number of nitrogens with one attached hydrogen (secondary N) is 1. The summed E-state index contributed by atoms with van der Waals surface area (Å²) in [5, 5.41) is 3.18. The van der Waals surface area contributed by atoms with Gasteiger partial charge in [0.05, 0.1) is 7.11 Å². The molecule has 0 spiro atoms. The van der Waals surface area contributed by atoms with Crippen LogP contribution >= 0.6 is 0 Å². The van der Waals surface area contributed by atoms with Crippen LogP contribution in [0, 0.1) is 5.41 Å². The summed E-state index contributed by atoms with van der Waals surface area (Å²) in [7, 11) is 1.51. The lowest BCUT2D eigenvalue weighted by Gasteiger charge is -2.38. The molecule has 16 heavy (non-hydrogen) atoms. The number of aromatic nitrogens is 3. The number of rotatable bonds is 4. The summed E-state index contributed by atoms with van der Waals surface area (Å²) < 4.78 is 4.93. The standard InChI is InChI=1S/C10H17N5O/c1-10(4-3-5-10)6-12-8-13-7(11)14-9(15-8)16-2/h3-6H2,1-2H3,(H3,11,12,13,14,15). The van der Waals surface area contributed by atoms with E-state index in [1.807, 2.05) is 0 Å². The second kappa shape index (κ2) is 4.11. The van der Waals surface area contributed by atoms with Crippen molar-refractivity contribution in [3.8, 4) is 6.01 Å². The van der Waals surface area contributed by atoms with Gasteiger partial charge in [0.2, 0.25) is 11.9 Å². The molecule has 1 saturated carbocycles. The van der Waals surface area contributed by atoms with Crippen LogP contribution in [0.25, 0.3) is 0 Å². The quantitative estimate of drug-likeness (QED) is 0.794. The van der Waals surface area contributed by atoms with E-state index in [4.69, 9.17) is 10.5 Å². The zero-order chi connectivity index (χ0) is 11.6. The minimum Gasteiger partial charge on any atom is -0.467 e. The average molecular weight is 223 g/mol. The van der Waals surface area contributed by atoms with Crippen molar-refractivity contribution < 1.29 is 4.74 Å². The molecule has 0 bridgehead atoms. The summed E-state index contributed by atoms with van der Waals surface area (Å²) in [5.74, 6) is 0.658. The van der Waals surface area contributed by atoms with Gasteiger partial charge in [0.15, 0.2) is 0 Å². The molecule has 0 radical (unpaired) electrons. The Bertz CT molecular complexity index is 377. The summed E-state index contributed by atoms with van der Waals surface area (Å²) in [5.41, 5.74) is 5.91. The Morgan fingerprint density at radius 3 is 2.69 bits per heavy atom. The van der Waals surface area contributed by atoms with Gasteiger partial charge >= 0.3 is 6.01 Å². The monoisotopic (exact) mass is 223 g/mol. The molecule has 0 saturated heterocycles. The number of hydrogen-bond donors (Lipinski definition) is 2. The molecule has 3 N–H and O–H groups in total. The fourth-order valence-corrected chi connectivity index (χ4v) is 1.79. The molecular formula is C10H17N5O. The van der Waals surface area contributed by atoms with Crippen LogP contribution in [0.1, 0.15) is 26.2 Å². The molecule has 1 aromatic heterocycles. The van der Waals surface area contributed by atoms with Crippen molar-refractivity contribution in [1.29, 1.82) is 0 Å². The molecule has 88 valence electrons. The minimum atomic E-state index is 0.174. The predicted molar refractivity (Wildman–Crippen MR) is 61.2 cm³/mol. The van der Waals surface area contributed by atoms with Gasteiger partial charge in [-0.15, -0.1) is 0 Å². The molecule has 2 rings (SSSR count). The van der Waals surface area contributed by atoms with Crippen molar-refractivity contribution in [3.63, 3.8) is 0 Å². The first-order valence-electron chi connectivity index (χ1n) is 5.41. The van der Waals surface area contributed by atoms with E-state index in [-0.39, 0.29) is 12.0 Å². The molecule has 6 nitrogen and oxygen atoms in total. The highest BCUT2D eigenvalue weighted by Crippen LogP contribution is 2.39. The molecule has 1 fully saturated rings.